The van der Waals surface area contributed by atoms with Crippen LogP contribution >= 0.6 is 15.9 Å². The third-order valence-corrected chi connectivity index (χ3v) is 8.40. The lowest BCUT2D eigenvalue weighted by Gasteiger charge is -2.34. The Bertz CT molecular complexity index is 1020. The number of hydrogen-bond acceptors (Lipinski definition) is 4. The molecule has 1 aromatic carbocycles. The number of amides is 3. The zero-order valence-corrected chi connectivity index (χ0v) is 19.9. The standard InChI is InChI=1S/C25H28BrN3O4/c26-14-6-8-16(9-7-14)27-22(30)19-18-12-13-25(33-18)20(19)24(32)29(17-10-11-17)21(25)23(31)28-15-4-2-1-3-5-15/h6-9,12-13,15,17-21H,1-5,10-11H2,(H,27,30)(H,28,31). The van der Waals surface area contributed by atoms with Gasteiger partial charge in [0.25, 0.3) is 0 Å². The van der Waals surface area contributed by atoms with Crippen LogP contribution < -0.4 is 10.6 Å². The molecular formula is C25H28BrN3O4. The Kier molecular flexibility index (Phi) is 5.14. The molecule has 5 unspecified atom stereocenters. The first-order chi connectivity index (χ1) is 16.0. The molecule has 4 fully saturated rings. The summed E-state index contributed by atoms with van der Waals surface area (Å²) in [6, 6.07) is 6.84. The van der Waals surface area contributed by atoms with Crippen LogP contribution in [-0.2, 0) is 19.1 Å². The molecule has 8 heteroatoms. The highest BCUT2D eigenvalue weighted by Crippen LogP contribution is 2.57. The Morgan fingerprint density at radius 3 is 2.45 bits per heavy atom. The van der Waals surface area contributed by atoms with Gasteiger partial charge in [0, 0.05) is 22.2 Å². The number of likely N-dealkylation sites (tertiary alicyclic amines) is 1. The lowest BCUT2D eigenvalue weighted by Crippen LogP contribution is -2.57. The Balaban J connectivity index is 1.29. The molecule has 33 heavy (non-hydrogen) atoms. The lowest BCUT2D eigenvalue weighted by atomic mass is 9.74. The highest BCUT2D eigenvalue weighted by Gasteiger charge is 2.74. The summed E-state index contributed by atoms with van der Waals surface area (Å²) in [6.07, 6.45) is 10.4. The fourth-order valence-electron chi connectivity index (χ4n) is 6.24. The molecule has 7 nitrogen and oxygen atoms in total. The molecule has 6 rings (SSSR count). The fraction of sp³-hybridized carbons (Fsp3) is 0.560. The molecule has 3 amide bonds. The molecule has 0 aromatic heterocycles. The zero-order chi connectivity index (χ0) is 22.7. The first kappa shape index (κ1) is 21.4. The van der Waals surface area contributed by atoms with Gasteiger partial charge >= 0.3 is 0 Å². The van der Waals surface area contributed by atoms with Crippen molar-refractivity contribution in [2.75, 3.05) is 5.32 Å². The summed E-state index contributed by atoms with van der Waals surface area (Å²) in [5, 5.41) is 6.17. The predicted octanol–water partition coefficient (Wildman–Crippen LogP) is 3.15. The van der Waals surface area contributed by atoms with Crippen LogP contribution in [0.4, 0.5) is 5.69 Å². The Morgan fingerprint density at radius 2 is 1.76 bits per heavy atom. The number of hydrogen-bond donors (Lipinski definition) is 2. The number of nitrogens with one attached hydrogen (secondary N) is 2. The maximum atomic E-state index is 13.7. The number of nitrogens with zero attached hydrogens (tertiary/aromatic N) is 1. The van der Waals surface area contributed by atoms with E-state index in [1.165, 1.54) is 6.42 Å². The average Bonchev–Trinajstić information content (AvgIpc) is 3.40. The van der Waals surface area contributed by atoms with Crippen molar-refractivity contribution in [2.24, 2.45) is 11.8 Å². The van der Waals surface area contributed by atoms with E-state index in [2.05, 4.69) is 26.6 Å². The van der Waals surface area contributed by atoms with Crippen molar-refractivity contribution in [3.8, 4) is 0 Å². The van der Waals surface area contributed by atoms with Gasteiger partial charge in [-0.2, -0.15) is 0 Å². The van der Waals surface area contributed by atoms with E-state index >= 15 is 0 Å². The molecule has 2 bridgehead atoms. The van der Waals surface area contributed by atoms with Crippen LogP contribution in [0.5, 0.6) is 0 Å². The second-order valence-electron chi connectivity index (χ2n) is 10.0. The van der Waals surface area contributed by atoms with Crippen LogP contribution in [0.3, 0.4) is 0 Å². The van der Waals surface area contributed by atoms with Crippen LogP contribution in [0.2, 0.25) is 0 Å². The van der Waals surface area contributed by atoms with Crippen molar-refractivity contribution < 1.29 is 19.1 Å². The van der Waals surface area contributed by atoms with Gasteiger partial charge in [-0.15, -0.1) is 0 Å². The van der Waals surface area contributed by atoms with Crippen LogP contribution in [0, 0.1) is 11.8 Å². The molecule has 2 saturated heterocycles. The first-order valence-corrected chi connectivity index (χ1v) is 12.8. The number of carbonyl (C=O) groups excluding carboxylic acids is 3. The van der Waals surface area contributed by atoms with Gasteiger partial charge in [0.05, 0.1) is 17.9 Å². The van der Waals surface area contributed by atoms with E-state index in [9.17, 15) is 14.4 Å². The fourth-order valence-corrected chi connectivity index (χ4v) is 6.50. The Hall–Kier alpha value is -2.19. The zero-order valence-electron chi connectivity index (χ0n) is 18.3. The highest BCUT2D eigenvalue weighted by atomic mass is 79.9. The SMILES string of the molecule is O=C(Nc1ccc(Br)cc1)C1C2C=CC3(O2)C1C(=O)N(C1CC1)C3C(=O)NC1CCCCC1. The van der Waals surface area contributed by atoms with Crippen LogP contribution in [0.15, 0.2) is 40.9 Å². The van der Waals surface area contributed by atoms with Crippen LogP contribution in [-0.4, -0.2) is 52.5 Å². The molecule has 2 N–H and O–H groups in total. The number of ether oxygens (including phenoxy) is 1. The quantitative estimate of drug-likeness (QED) is 0.592. The number of rotatable bonds is 5. The van der Waals surface area contributed by atoms with Crippen molar-refractivity contribution in [1.82, 2.24) is 10.2 Å². The molecule has 0 radical (unpaired) electrons. The molecule has 2 saturated carbocycles. The Morgan fingerprint density at radius 1 is 1.03 bits per heavy atom. The number of anilines is 1. The summed E-state index contributed by atoms with van der Waals surface area (Å²) in [6.45, 7) is 0. The molecule has 174 valence electrons. The molecular weight excluding hydrogens is 486 g/mol. The van der Waals surface area contributed by atoms with Crippen molar-refractivity contribution in [3.63, 3.8) is 0 Å². The van der Waals surface area contributed by atoms with E-state index < -0.39 is 29.6 Å². The van der Waals surface area contributed by atoms with Gasteiger partial charge in [0.1, 0.15) is 11.6 Å². The van der Waals surface area contributed by atoms with E-state index in [1.54, 1.807) is 4.90 Å². The van der Waals surface area contributed by atoms with Gasteiger partial charge in [0.15, 0.2) is 0 Å². The van der Waals surface area contributed by atoms with Crippen LogP contribution in [0.1, 0.15) is 44.9 Å². The van der Waals surface area contributed by atoms with E-state index in [0.29, 0.717) is 5.69 Å². The summed E-state index contributed by atoms with van der Waals surface area (Å²) in [5.41, 5.74) is -0.398. The van der Waals surface area contributed by atoms with Gasteiger partial charge in [0.2, 0.25) is 17.7 Å². The van der Waals surface area contributed by atoms with Gasteiger partial charge in [-0.25, -0.2) is 0 Å². The van der Waals surface area contributed by atoms with Gasteiger partial charge in [-0.05, 0) is 49.9 Å². The molecule has 3 heterocycles. The normalized spacial score (nSPS) is 35.1. The van der Waals surface area contributed by atoms with E-state index in [-0.39, 0.29) is 29.8 Å². The van der Waals surface area contributed by atoms with Crippen molar-refractivity contribution in [1.29, 1.82) is 0 Å². The van der Waals surface area contributed by atoms with Crippen molar-refractivity contribution in [2.45, 2.75) is 74.8 Å². The monoisotopic (exact) mass is 513 g/mol. The number of halogens is 1. The smallest absolute Gasteiger partial charge is 0.246 e. The molecule has 3 aliphatic heterocycles. The molecule has 2 aliphatic carbocycles. The molecule has 5 aliphatic rings. The van der Waals surface area contributed by atoms with Gasteiger partial charge in [-0.1, -0.05) is 47.3 Å². The molecule has 1 aromatic rings. The van der Waals surface area contributed by atoms with Crippen molar-refractivity contribution >= 4 is 39.3 Å². The van der Waals surface area contributed by atoms with E-state index in [1.807, 2.05) is 36.4 Å². The first-order valence-electron chi connectivity index (χ1n) is 12.0. The van der Waals surface area contributed by atoms with E-state index in [4.69, 9.17) is 4.74 Å². The number of fused-ring (bicyclic) bond motifs is 1. The predicted molar refractivity (Wildman–Crippen MR) is 125 cm³/mol. The minimum absolute atomic E-state index is 0.0609. The molecule has 5 atom stereocenters. The average molecular weight is 514 g/mol. The van der Waals surface area contributed by atoms with E-state index in [0.717, 1.165) is 43.0 Å². The highest BCUT2D eigenvalue weighted by molar-refractivity contribution is 9.10. The molecule has 1 spiro atoms. The summed E-state index contributed by atoms with van der Waals surface area (Å²) in [7, 11) is 0. The van der Waals surface area contributed by atoms with Gasteiger partial charge in [-0.3, -0.25) is 14.4 Å². The second-order valence-corrected chi connectivity index (χ2v) is 10.9. The van der Waals surface area contributed by atoms with Crippen molar-refractivity contribution in [3.05, 3.63) is 40.9 Å². The Labute approximate surface area is 201 Å². The number of benzene rings is 1. The third-order valence-electron chi connectivity index (χ3n) is 7.87. The minimum Gasteiger partial charge on any atom is -0.359 e. The summed E-state index contributed by atoms with van der Waals surface area (Å²) >= 11 is 3.40. The lowest BCUT2D eigenvalue weighted by molar-refractivity contribution is -0.142. The van der Waals surface area contributed by atoms with Crippen LogP contribution in [0.25, 0.3) is 0 Å². The largest absolute Gasteiger partial charge is 0.359 e. The number of carbonyl (C=O) groups is 3. The summed E-state index contributed by atoms with van der Waals surface area (Å²) in [4.78, 5) is 42.4. The topological polar surface area (TPSA) is 87.7 Å². The minimum atomic E-state index is -1.06. The van der Waals surface area contributed by atoms with Gasteiger partial charge < -0.3 is 20.3 Å². The summed E-state index contributed by atoms with van der Waals surface area (Å²) < 4.78 is 7.29. The maximum absolute atomic E-state index is 13.7. The second kappa shape index (κ2) is 7.94. The summed E-state index contributed by atoms with van der Waals surface area (Å²) in [5.74, 6) is -1.82. The third kappa shape index (κ3) is 3.44. The maximum Gasteiger partial charge on any atom is 0.246 e.